The molecule has 116 valence electrons. The highest BCUT2D eigenvalue weighted by Gasteiger charge is 2.14. The summed E-state index contributed by atoms with van der Waals surface area (Å²) in [7, 11) is 3.90. The van der Waals surface area contributed by atoms with Gasteiger partial charge in [-0.25, -0.2) is 4.99 Å². The number of amides is 1. The van der Waals surface area contributed by atoms with Crippen LogP contribution in [-0.4, -0.2) is 36.8 Å². The Balaban J connectivity index is 2.67. The van der Waals surface area contributed by atoms with E-state index < -0.39 is 6.04 Å². The molecule has 1 rings (SSSR count). The van der Waals surface area contributed by atoms with Gasteiger partial charge in [-0.1, -0.05) is 13.8 Å². The summed E-state index contributed by atoms with van der Waals surface area (Å²) in [4.78, 5) is 18.3. The highest BCUT2D eigenvalue weighted by molar-refractivity contribution is 5.94. The van der Waals surface area contributed by atoms with Crippen molar-refractivity contribution in [3.63, 3.8) is 0 Å². The SMILES string of the molecule is C/C(=N\c1ccc(NC(=O)[C@H](N)CC(C)C)cc1)N(C)C. The lowest BCUT2D eigenvalue weighted by Gasteiger charge is -2.14. The van der Waals surface area contributed by atoms with E-state index in [9.17, 15) is 4.79 Å². The standard InChI is InChI=1S/C16H26N4O/c1-11(2)10-15(17)16(21)19-14-8-6-13(7-9-14)18-12(3)20(4)5/h6-9,11,15H,10,17H2,1-5H3,(H,19,21)/b18-12+/t15-/m1/s1. The van der Waals surface area contributed by atoms with Gasteiger partial charge in [0.1, 0.15) is 5.84 Å². The molecule has 0 radical (unpaired) electrons. The quantitative estimate of drug-likeness (QED) is 0.647. The van der Waals surface area contributed by atoms with Gasteiger partial charge in [-0.05, 0) is 43.5 Å². The van der Waals surface area contributed by atoms with Crippen LogP contribution in [0.5, 0.6) is 0 Å². The van der Waals surface area contributed by atoms with Gasteiger partial charge in [-0.2, -0.15) is 0 Å². The molecule has 0 bridgehead atoms. The average Bonchev–Trinajstić information content (AvgIpc) is 2.39. The van der Waals surface area contributed by atoms with Gasteiger partial charge in [0.25, 0.3) is 0 Å². The average molecular weight is 290 g/mol. The number of nitrogens with two attached hydrogens (primary N) is 1. The summed E-state index contributed by atoms with van der Waals surface area (Å²) in [5, 5.41) is 2.83. The minimum atomic E-state index is -0.473. The fraction of sp³-hybridized carbons (Fsp3) is 0.500. The first-order valence-electron chi connectivity index (χ1n) is 7.18. The molecule has 1 atom stereocenters. The molecule has 1 aromatic rings. The summed E-state index contributed by atoms with van der Waals surface area (Å²) in [6.07, 6.45) is 0.677. The number of rotatable bonds is 5. The zero-order valence-corrected chi connectivity index (χ0v) is 13.6. The van der Waals surface area contributed by atoms with Gasteiger partial charge in [0.2, 0.25) is 5.91 Å². The molecule has 0 aliphatic heterocycles. The van der Waals surface area contributed by atoms with E-state index in [0.29, 0.717) is 12.3 Å². The van der Waals surface area contributed by atoms with Crippen LogP contribution < -0.4 is 11.1 Å². The first-order valence-corrected chi connectivity index (χ1v) is 7.18. The molecule has 5 heteroatoms. The Labute approximate surface area is 127 Å². The highest BCUT2D eigenvalue weighted by atomic mass is 16.2. The van der Waals surface area contributed by atoms with Crippen LogP contribution >= 0.6 is 0 Å². The highest BCUT2D eigenvalue weighted by Crippen LogP contribution is 2.17. The van der Waals surface area contributed by atoms with Crippen LogP contribution in [0.15, 0.2) is 29.3 Å². The van der Waals surface area contributed by atoms with Crippen LogP contribution in [0.4, 0.5) is 11.4 Å². The van der Waals surface area contributed by atoms with Crippen molar-refractivity contribution < 1.29 is 4.79 Å². The number of aliphatic imine (C=N–C) groups is 1. The maximum atomic E-state index is 11.9. The molecule has 0 saturated heterocycles. The second kappa shape index (κ2) is 7.78. The van der Waals surface area contributed by atoms with E-state index in [-0.39, 0.29) is 5.91 Å². The molecule has 0 fully saturated rings. The summed E-state index contributed by atoms with van der Waals surface area (Å²) >= 11 is 0. The lowest BCUT2D eigenvalue weighted by atomic mass is 10.0. The molecule has 1 amide bonds. The van der Waals surface area contributed by atoms with Crippen molar-refractivity contribution in [1.82, 2.24) is 4.90 Å². The Bertz CT molecular complexity index is 492. The topological polar surface area (TPSA) is 70.7 Å². The molecule has 0 aliphatic rings. The summed E-state index contributed by atoms with van der Waals surface area (Å²) in [5.74, 6) is 1.17. The largest absolute Gasteiger partial charge is 0.366 e. The van der Waals surface area contributed by atoms with Crippen LogP contribution in [0.25, 0.3) is 0 Å². The molecular formula is C16H26N4O. The molecule has 0 saturated carbocycles. The smallest absolute Gasteiger partial charge is 0.241 e. The molecule has 0 heterocycles. The number of hydrogen-bond donors (Lipinski definition) is 2. The molecule has 0 aromatic heterocycles. The van der Waals surface area contributed by atoms with Crippen LogP contribution in [0.1, 0.15) is 27.2 Å². The molecule has 21 heavy (non-hydrogen) atoms. The number of carbonyl (C=O) groups is 1. The van der Waals surface area contributed by atoms with Gasteiger partial charge < -0.3 is 16.0 Å². The van der Waals surface area contributed by atoms with E-state index in [1.54, 1.807) is 0 Å². The predicted octanol–water partition coefficient (Wildman–Crippen LogP) is 2.61. The van der Waals surface area contributed by atoms with E-state index in [1.807, 2.05) is 64.0 Å². The van der Waals surface area contributed by atoms with Crippen LogP contribution in [-0.2, 0) is 4.79 Å². The van der Waals surface area contributed by atoms with E-state index in [0.717, 1.165) is 17.2 Å². The normalized spacial score (nSPS) is 13.2. The second-order valence-corrected chi connectivity index (χ2v) is 5.83. The van der Waals surface area contributed by atoms with Crippen molar-refractivity contribution in [2.75, 3.05) is 19.4 Å². The Morgan fingerprint density at radius 3 is 2.33 bits per heavy atom. The van der Waals surface area contributed by atoms with Gasteiger partial charge in [0.05, 0.1) is 11.7 Å². The van der Waals surface area contributed by atoms with E-state index in [4.69, 9.17) is 5.73 Å². The second-order valence-electron chi connectivity index (χ2n) is 5.83. The molecule has 3 N–H and O–H groups in total. The number of hydrogen-bond acceptors (Lipinski definition) is 3. The third kappa shape index (κ3) is 5.95. The molecule has 1 aromatic carbocycles. The van der Waals surface area contributed by atoms with Crippen LogP contribution in [0.3, 0.4) is 0 Å². The number of nitrogens with one attached hydrogen (secondary N) is 1. The maximum absolute atomic E-state index is 11.9. The van der Waals surface area contributed by atoms with Crippen molar-refractivity contribution in [3.8, 4) is 0 Å². The van der Waals surface area contributed by atoms with E-state index in [1.165, 1.54) is 0 Å². The minimum Gasteiger partial charge on any atom is -0.366 e. The van der Waals surface area contributed by atoms with Gasteiger partial charge >= 0.3 is 0 Å². The van der Waals surface area contributed by atoms with Crippen molar-refractivity contribution in [2.45, 2.75) is 33.2 Å². The van der Waals surface area contributed by atoms with E-state index in [2.05, 4.69) is 10.3 Å². The van der Waals surface area contributed by atoms with Crippen molar-refractivity contribution in [3.05, 3.63) is 24.3 Å². The third-order valence-electron chi connectivity index (χ3n) is 3.14. The van der Waals surface area contributed by atoms with Gasteiger partial charge in [0.15, 0.2) is 0 Å². The molecule has 0 aliphatic carbocycles. The van der Waals surface area contributed by atoms with Gasteiger partial charge in [-0.15, -0.1) is 0 Å². The monoisotopic (exact) mass is 290 g/mol. The van der Waals surface area contributed by atoms with Crippen LogP contribution in [0.2, 0.25) is 0 Å². The first-order chi connectivity index (χ1) is 9.79. The molecular weight excluding hydrogens is 264 g/mol. The van der Waals surface area contributed by atoms with Gasteiger partial charge in [-0.3, -0.25) is 4.79 Å². The zero-order chi connectivity index (χ0) is 16.0. The number of nitrogens with zero attached hydrogens (tertiary/aromatic N) is 2. The first kappa shape index (κ1) is 17.2. The number of benzene rings is 1. The van der Waals surface area contributed by atoms with Crippen LogP contribution in [0, 0.1) is 5.92 Å². The summed E-state index contributed by atoms with van der Waals surface area (Å²) in [6, 6.07) is 6.94. The number of amidine groups is 1. The minimum absolute atomic E-state index is 0.149. The lowest BCUT2D eigenvalue weighted by molar-refractivity contribution is -0.117. The van der Waals surface area contributed by atoms with Crippen molar-refractivity contribution in [1.29, 1.82) is 0 Å². The van der Waals surface area contributed by atoms with Crippen molar-refractivity contribution in [2.24, 2.45) is 16.6 Å². The maximum Gasteiger partial charge on any atom is 0.241 e. The summed E-state index contributed by atoms with van der Waals surface area (Å²) in [5.41, 5.74) is 7.44. The Morgan fingerprint density at radius 1 is 1.29 bits per heavy atom. The van der Waals surface area contributed by atoms with Gasteiger partial charge in [0, 0.05) is 19.8 Å². The Kier molecular flexibility index (Phi) is 6.37. The molecule has 5 nitrogen and oxygen atoms in total. The lowest BCUT2D eigenvalue weighted by Crippen LogP contribution is -2.36. The fourth-order valence-corrected chi connectivity index (χ4v) is 1.76. The van der Waals surface area contributed by atoms with Crippen molar-refractivity contribution >= 4 is 23.1 Å². The fourth-order valence-electron chi connectivity index (χ4n) is 1.76. The molecule has 0 spiro atoms. The summed E-state index contributed by atoms with van der Waals surface area (Å²) in [6.45, 7) is 6.04. The third-order valence-corrected chi connectivity index (χ3v) is 3.14. The number of carbonyl (C=O) groups excluding carboxylic acids is 1. The summed E-state index contributed by atoms with van der Waals surface area (Å²) < 4.78 is 0. The Hall–Kier alpha value is -1.88. The Morgan fingerprint density at radius 2 is 1.86 bits per heavy atom. The van der Waals surface area contributed by atoms with E-state index >= 15 is 0 Å². The molecule has 0 unspecified atom stereocenters. The number of anilines is 1. The zero-order valence-electron chi connectivity index (χ0n) is 13.6. The predicted molar refractivity (Wildman–Crippen MR) is 89.0 cm³/mol.